The molecule has 0 unspecified atom stereocenters. The van der Waals surface area contributed by atoms with Gasteiger partial charge in [0, 0.05) is 65.4 Å². The topological polar surface area (TPSA) is 72.4 Å². The van der Waals surface area contributed by atoms with Gasteiger partial charge in [0.15, 0.2) is 5.78 Å². The molecule has 188 valence electrons. The number of morpholine rings is 1. The zero-order valence-corrected chi connectivity index (χ0v) is 21.8. The van der Waals surface area contributed by atoms with Crippen molar-refractivity contribution in [3.63, 3.8) is 0 Å². The summed E-state index contributed by atoms with van der Waals surface area (Å²) < 4.78 is 5.55. The number of carbonyl (C=O) groups is 1. The van der Waals surface area contributed by atoms with Gasteiger partial charge < -0.3 is 14.6 Å². The number of nitriles is 1. The Morgan fingerprint density at radius 3 is 2.54 bits per heavy atom. The van der Waals surface area contributed by atoms with E-state index < -0.39 is 5.41 Å². The second-order valence-corrected chi connectivity index (χ2v) is 10.9. The van der Waals surface area contributed by atoms with Crippen LogP contribution in [0.25, 0.3) is 10.9 Å². The van der Waals surface area contributed by atoms with Gasteiger partial charge in [0.1, 0.15) is 0 Å². The van der Waals surface area contributed by atoms with Gasteiger partial charge >= 0.3 is 0 Å². The van der Waals surface area contributed by atoms with Gasteiger partial charge in [-0.25, -0.2) is 0 Å². The quantitative estimate of drug-likeness (QED) is 0.530. The molecule has 1 aromatic heterocycles. The van der Waals surface area contributed by atoms with Gasteiger partial charge in [0.05, 0.1) is 36.1 Å². The smallest absolute Gasteiger partial charge is 0.195 e. The Morgan fingerprint density at radius 1 is 1.08 bits per heavy atom. The van der Waals surface area contributed by atoms with Crippen molar-refractivity contribution in [3.8, 4) is 17.9 Å². The predicted molar refractivity (Wildman–Crippen MR) is 145 cm³/mol. The van der Waals surface area contributed by atoms with Gasteiger partial charge in [0.25, 0.3) is 0 Å². The first-order valence-electron chi connectivity index (χ1n) is 13.2. The largest absolute Gasteiger partial charge is 0.379 e. The van der Waals surface area contributed by atoms with Crippen LogP contribution in [0.15, 0.2) is 30.3 Å². The summed E-state index contributed by atoms with van der Waals surface area (Å²) in [6.45, 7) is 11.9. The maximum absolute atomic E-state index is 13.9. The lowest BCUT2D eigenvalue weighted by molar-refractivity contribution is 0.0115. The molecular formula is C31H32N4O2. The van der Waals surface area contributed by atoms with Crippen LogP contribution in [0.3, 0.4) is 0 Å². The number of ketones is 1. The second kappa shape index (κ2) is 9.06. The maximum atomic E-state index is 13.9. The number of hydrogen-bond acceptors (Lipinski definition) is 5. The van der Waals surface area contributed by atoms with Gasteiger partial charge in [0.2, 0.25) is 0 Å². The highest BCUT2D eigenvalue weighted by Crippen LogP contribution is 2.45. The predicted octanol–water partition coefficient (Wildman–Crippen LogP) is 4.58. The van der Waals surface area contributed by atoms with E-state index in [0.717, 1.165) is 91.2 Å². The van der Waals surface area contributed by atoms with E-state index in [9.17, 15) is 10.1 Å². The molecule has 0 radical (unpaired) electrons. The minimum atomic E-state index is -0.399. The van der Waals surface area contributed by atoms with Crippen LogP contribution in [0.2, 0.25) is 0 Å². The number of H-pyrrole nitrogens is 1. The lowest BCUT2D eigenvalue weighted by atomic mass is 9.70. The van der Waals surface area contributed by atoms with E-state index in [1.165, 1.54) is 0 Å². The van der Waals surface area contributed by atoms with Crippen LogP contribution in [0.5, 0.6) is 0 Å². The maximum Gasteiger partial charge on any atom is 0.195 e. The zero-order chi connectivity index (χ0) is 25.7. The summed E-state index contributed by atoms with van der Waals surface area (Å²) in [6, 6.07) is 12.5. The van der Waals surface area contributed by atoms with Crippen molar-refractivity contribution < 1.29 is 9.53 Å². The number of anilines is 1. The third-order valence-electron chi connectivity index (χ3n) is 8.46. The number of hydrogen-bond donors (Lipinski definition) is 1. The molecule has 3 aliphatic rings. The number of fused-ring (bicyclic) bond motifs is 4. The minimum Gasteiger partial charge on any atom is -0.379 e. The molecule has 1 N–H and O–H groups in total. The van der Waals surface area contributed by atoms with Crippen molar-refractivity contribution >= 4 is 22.4 Å². The highest BCUT2D eigenvalue weighted by atomic mass is 16.5. The number of aromatic amines is 1. The average Bonchev–Trinajstić information content (AvgIpc) is 3.32. The van der Waals surface area contributed by atoms with Crippen molar-refractivity contribution in [2.75, 3.05) is 44.3 Å². The summed E-state index contributed by atoms with van der Waals surface area (Å²) in [5, 5.41) is 10.2. The summed E-state index contributed by atoms with van der Waals surface area (Å²) in [5.41, 5.74) is 6.45. The number of rotatable bonds is 2. The van der Waals surface area contributed by atoms with Crippen molar-refractivity contribution in [3.05, 3.63) is 63.8 Å². The molecule has 0 amide bonds. The van der Waals surface area contributed by atoms with Crippen LogP contribution in [-0.4, -0.2) is 61.1 Å². The molecule has 2 fully saturated rings. The van der Waals surface area contributed by atoms with Crippen LogP contribution in [0.4, 0.5) is 5.69 Å². The highest BCUT2D eigenvalue weighted by molar-refractivity contribution is 6.20. The third-order valence-corrected chi connectivity index (χ3v) is 8.46. The summed E-state index contributed by atoms with van der Waals surface area (Å²) in [7, 11) is 0. The zero-order valence-electron chi connectivity index (χ0n) is 21.8. The molecule has 0 atom stereocenters. The SMILES string of the molecule is CC#Cc1cc2c(cc1N1CCC(N3CCOCC3)CC1)C(C)(C)c1[nH]c3cc(C#N)ccc3c1C2=O. The average molecular weight is 493 g/mol. The van der Waals surface area contributed by atoms with E-state index >= 15 is 0 Å². The van der Waals surface area contributed by atoms with E-state index in [-0.39, 0.29) is 5.78 Å². The van der Waals surface area contributed by atoms with Crippen LogP contribution < -0.4 is 4.90 Å². The van der Waals surface area contributed by atoms with Crippen molar-refractivity contribution in [1.29, 1.82) is 5.26 Å². The summed E-state index contributed by atoms with van der Waals surface area (Å²) in [6.07, 6.45) is 2.23. The summed E-state index contributed by atoms with van der Waals surface area (Å²) in [4.78, 5) is 22.5. The first-order valence-corrected chi connectivity index (χ1v) is 13.2. The van der Waals surface area contributed by atoms with Crippen molar-refractivity contribution in [1.82, 2.24) is 9.88 Å². The number of benzene rings is 2. The van der Waals surface area contributed by atoms with E-state index in [4.69, 9.17) is 4.74 Å². The molecule has 2 aromatic carbocycles. The van der Waals surface area contributed by atoms with Crippen molar-refractivity contribution in [2.24, 2.45) is 0 Å². The van der Waals surface area contributed by atoms with E-state index in [2.05, 4.69) is 52.6 Å². The Labute approximate surface area is 218 Å². The van der Waals surface area contributed by atoms with Crippen LogP contribution in [0.1, 0.15) is 71.9 Å². The third kappa shape index (κ3) is 3.84. The van der Waals surface area contributed by atoms with Crippen LogP contribution >= 0.6 is 0 Å². The lowest BCUT2D eigenvalue weighted by Crippen LogP contribution is -2.49. The van der Waals surface area contributed by atoms with Gasteiger partial charge in [-0.2, -0.15) is 5.26 Å². The fraction of sp³-hybridized carbons (Fsp3) is 0.419. The van der Waals surface area contributed by atoms with Gasteiger partial charge in [-0.05, 0) is 49.6 Å². The molecule has 1 aliphatic carbocycles. The highest BCUT2D eigenvalue weighted by Gasteiger charge is 2.41. The Balaban J connectivity index is 1.40. The molecule has 2 aliphatic heterocycles. The number of ether oxygens (including phenoxy) is 1. The molecule has 0 bridgehead atoms. The Morgan fingerprint density at radius 2 is 1.84 bits per heavy atom. The second-order valence-electron chi connectivity index (χ2n) is 10.9. The Kier molecular flexibility index (Phi) is 5.83. The Bertz CT molecular complexity index is 1500. The fourth-order valence-electron chi connectivity index (χ4n) is 6.45. The minimum absolute atomic E-state index is 0.0250. The van der Waals surface area contributed by atoms with Gasteiger partial charge in [-0.3, -0.25) is 9.69 Å². The van der Waals surface area contributed by atoms with Crippen molar-refractivity contribution in [2.45, 2.75) is 45.1 Å². The number of piperidine rings is 1. The van der Waals surface area contributed by atoms with Gasteiger partial charge in [-0.15, -0.1) is 5.92 Å². The molecular weight excluding hydrogens is 460 g/mol. The summed E-state index contributed by atoms with van der Waals surface area (Å²) in [5.74, 6) is 6.40. The number of carbonyl (C=O) groups excluding carboxylic acids is 1. The standard InChI is InChI=1S/C31H32N4O2/c1-4-5-21-17-24-25(18-27(21)35-10-8-22(9-11-35)34-12-14-37-15-13-34)31(2,3)30-28(29(24)36)23-7-6-20(19-32)16-26(23)33-30/h6-7,16-18,22,33H,8-15H2,1-3H3. The molecule has 0 spiro atoms. The first-order chi connectivity index (χ1) is 17.9. The number of aromatic nitrogens is 1. The van der Waals surface area contributed by atoms with E-state index in [1.807, 2.05) is 25.1 Å². The molecule has 3 aromatic rings. The van der Waals surface area contributed by atoms with E-state index in [0.29, 0.717) is 17.2 Å². The van der Waals surface area contributed by atoms with E-state index in [1.54, 1.807) is 6.07 Å². The van der Waals surface area contributed by atoms with Gasteiger partial charge in [-0.1, -0.05) is 25.8 Å². The molecule has 37 heavy (non-hydrogen) atoms. The molecule has 6 rings (SSSR count). The first kappa shape index (κ1) is 23.8. The normalized spacial score (nSPS) is 19.6. The molecule has 0 saturated carbocycles. The number of nitrogens with one attached hydrogen (secondary N) is 1. The molecule has 6 heteroatoms. The molecule has 2 saturated heterocycles. The number of nitrogens with zero attached hydrogens (tertiary/aromatic N) is 3. The molecule has 3 heterocycles. The lowest BCUT2D eigenvalue weighted by Gasteiger charge is -2.41. The monoisotopic (exact) mass is 492 g/mol. The fourth-order valence-corrected chi connectivity index (χ4v) is 6.45. The molecule has 6 nitrogen and oxygen atoms in total. The summed E-state index contributed by atoms with van der Waals surface area (Å²) >= 11 is 0. The van der Waals surface area contributed by atoms with Crippen LogP contribution in [0, 0.1) is 23.2 Å². The van der Waals surface area contributed by atoms with Crippen LogP contribution in [-0.2, 0) is 10.2 Å². The Hall–Kier alpha value is -3.58.